The molecule has 44 valence electrons. The van der Waals surface area contributed by atoms with Crippen LogP contribution in [0.5, 0.6) is 0 Å². The van der Waals surface area contributed by atoms with Crippen molar-refractivity contribution in [3.8, 4) is 0 Å². The maximum Gasteiger partial charge on any atom is 0.110 e. The molecule has 0 amide bonds. The van der Waals surface area contributed by atoms with E-state index in [0.717, 1.165) is 0 Å². The Labute approximate surface area is 53.6 Å². The average Bonchev–Trinajstić information content (AvgIpc) is 1.61. The predicted octanol–water partition coefficient (Wildman–Crippen LogP) is 1.83. The molecule has 0 unspecified atom stereocenters. The van der Waals surface area contributed by atoms with Crippen LogP contribution in [-0.2, 0) is 4.74 Å². The third kappa shape index (κ3) is 6.54. The summed E-state index contributed by atoms with van der Waals surface area (Å²) in [6.07, 6.45) is 0.708. The lowest BCUT2D eigenvalue weighted by atomic mass is 10.5. The molecule has 0 aromatic carbocycles. The lowest BCUT2D eigenvalue weighted by Crippen LogP contribution is -1.93. The summed E-state index contributed by atoms with van der Waals surface area (Å²) in [5.41, 5.74) is 0. The topological polar surface area (TPSA) is 9.23 Å². The second-order valence-corrected chi connectivity index (χ2v) is 2.45. The lowest BCUT2D eigenvalue weighted by Gasteiger charge is -1.95. The van der Waals surface area contributed by atoms with E-state index >= 15 is 0 Å². The van der Waals surface area contributed by atoms with Crippen molar-refractivity contribution in [3.63, 3.8) is 0 Å². The van der Waals surface area contributed by atoms with Gasteiger partial charge in [0.05, 0.1) is 0 Å². The van der Waals surface area contributed by atoms with Crippen LogP contribution in [0, 0.1) is 0 Å². The van der Waals surface area contributed by atoms with Crippen molar-refractivity contribution in [1.82, 2.24) is 0 Å². The Balaban J connectivity index is 2.68. The van der Waals surface area contributed by atoms with Crippen LogP contribution in [0.25, 0.3) is 0 Å². The van der Waals surface area contributed by atoms with E-state index < -0.39 is 0 Å². The van der Waals surface area contributed by atoms with Gasteiger partial charge in [0.2, 0.25) is 0 Å². The van der Waals surface area contributed by atoms with Crippen molar-refractivity contribution in [2.75, 3.05) is 13.7 Å². The molecule has 0 radical (unpaired) electrons. The zero-order chi connectivity index (χ0) is 5.70. The third-order valence-corrected chi connectivity index (χ3v) is 0.977. The van der Waals surface area contributed by atoms with Crippen LogP contribution in [0.1, 0.15) is 6.42 Å². The van der Waals surface area contributed by atoms with Gasteiger partial charge in [-0.15, -0.1) is 23.2 Å². The van der Waals surface area contributed by atoms with Gasteiger partial charge in [0.1, 0.15) is 4.84 Å². The van der Waals surface area contributed by atoms with Crippen LogP contribution in [0.15, 0.2) is 0 Å². The molecule has 0 bridgehead atoms. The molecule has 0 aliphatic rings. The molecule has 0 aliphatic heterocycles. The van der Waals surface area contributed by atoms with E-state index in [4.69, 9.17) is 23.2 Å². The molecule has 0 spiro atoms. The summed E-state index contributed by atoms with van der Waals surface area (Å²) < 4.78 is 4.68. The Kier molecular flexibility index (Phi) is 5.05. The summed E-state index contributed by atoms with van der Waals surface area (Å²) >= 11 is 10.7. The van der Waals surface area contributed by atoms with Gasteiger partial charge in [-0.1, -0.05) is 0 Å². The fourth-order valence-corrected chi connectivity index (χ4v) is 0.385. The number of alkyl halides is 2. The van der Waals surface area contributed by atoms with Gasteiger partial charge in [0, 0.05) is 20.1 Å². The van der Waals surface area contributed by atoms with Gasteiger partial charge in [-0.25, -0.2) is 0 Å². The molecule has 0 saturated carbocycles. The first-order chi connectivity index (χ1) is 3.27. The predicted molar refractivity (Wildman–Crippen MR) is 32.0 cm³/mol. The summed E-state index contributed by atoms with van der Waals surface area (Å²) in [5, 5.41) is 0. The minimum Gasteiger partial charge on any atom is -0.385 e. The largest absolute Gasteiger partial charge is 0.385 e. The SMILES string of the molecule is COCCC(Cl)Cl. The fraction of sp³-hybridized carbons (Fsp3) is 1.00. The molecular weight excluding hydrogens is 135 g/mol. The van der Waals surface area contributed by atoms with Gasteiger partial charge < -0.3 is 4.74 Å². The van der Waals surface area contributed by atoms with E-state index in [2.05, 4.69) is 4.74 Å². The highest BCUT2D eigenvalue weighted by molar-refractivity contribution is 6.44. The molecule has 0 aliphatic carbocycles. The van der Waals surface area contributed by atoms with Gasteiger partial charge in [-0.2, -0.15) is 0 Å². The van der Waals surface area contributed by atoms with Crippen LogP contribution in [-0.4, -0.2) is 18.6 Å². The quantitative estimate of drug-likeness (QED) is 0.547. The molecule has 0 aromatic heterocycles. The number of hydrogen-bond donors (Lipinski definition) is 0. The molecular formula is C4H8Cl2O. The fourth-order valence-electron chi connectivity index (χ4n) is 0.207. The monoisotopic (exact) mass is 142 g/mol. The minimum atomic E-state index is -0.278. The Hall–Kier alpha value is 0.540. The van der Waals surface area contributed by atoms with Crippen molar-refractivity contribution in [1.29, 1.82) is 0 Å². The van der Waals surface area contributed by atoms with Gasteiger partial charge in [0.15, 0.2) is 0 Å². The molecule has 0 rings (SSSR count). The first-order valence-corrected chi connectivity index (χ1v) is 2.91. The Morgan fingerprint density at radius 1 is 1.57 bits per heavy atom. The molecule has 1 nitrogen and oxygen atoms in total. The summed E-state index contributed by atoms with van der Waals surface area (Å²) in [4.78, 5) is -0.278. The normalized spacial score (nSPS) is 10.3. The van der Waals surface area contributed by atoms with E-state index in [1.807, 2.05) is 0 Å². The average molecular weight is 143 g/mol. The van der Waals surface area contributed by atoms with Crippen molar-refractivity contribution in [2.45, 2.75) is 11.3 Å². The zero-order valence-electron chi connectivity index (χ0n) is 4.16. The van der Waals surface area contributed by atoms with Crippen LogP contribution in [0.2, 0.25) is 0 Å². The Bertz CT molecular complexity index is 38.7. The molecule has 7 heavy (non-hydrogen) atoms. The number of rotatable bonds is 3. The van der Waals surface area contributed by atoms with Gasteiger partial charge in [-0.05, 0) is 0 Å². The summed E-state index contributed by atoms with van der Waals surface area (Å²) in [5.74, 6) is 0. The van der Waals surface area contributed by atoms with Crippen molar-refractivity contribution < 1.29 is 4.74 Å². The highest BCUT2D eigenvalue weighted by Crippen LogP contribution is 2.05. The van der Waals surface area contributed by atoms with E-state index in [0.29, 0.717) is 13.0 Å². The standard InChI is InChI=1S/C4H8Cl2O/c1-7-3-2-4(5)6/h4H,2-3H2,1H3. The van der Waals surface area contributed by atoms with Crippen LogP contribution >= 0.6 is 23.2 Å². The van der Waals surface area contributed by atoms with E-state index in [1.165, 1.54) is 0 Å². The highest BCUT2D eigenvalue weighted by Gasteiger charge is 1.94. The van der Waals surface area contributed by atoms with Gasteiger partial charge in [-0.3, -0.25) is 0 Å². The number of hydrogen-bond acceptors (Lipinski definition) is 1. The second-order valence-electron chi connectivity index (χ2n) is 1.17. The Morgan fingerprint density at radius 3 is 2.29 bits per heavy atom. The van der Waals surface area contributed by atoms with E-state index in [-0.39, 0.29) is 4.84 Å². The molecule has 3 heteroatoms. The number of methoxy groups -OCH3 is 1. The molecule has 0 N–H and O–H groups in total. The molecule has 0 atom stereocenters. The van der Waals surface area contributed by atoms with Crippen LogP contribution in [0.3, 0.4) is 0 Å². The molecule has 0 fully saturated rings. The first-order valence-electron chi connectivity index (χ1n) is 2.04. The summed E-state index contributed by atoms with van der Waals surface area (Å²) in [7, 11) is 1.62. The van der Waals surface area contributed by atoms with Gasteiger partial charge in [0.25, 0.3) is 0 Å². The molecule has 0 heterocycles. The maximum atomic E-state index is 5.34. The van der Waals surface area contributed by atoms with Crippen LogP contribution < -0.4 is 0 Å². The van der Waals surface area contributed by atoms with Crippen molar-refractivity contribution in [2.24, 2.45) is 0 Å². The minimum absolute atomic E-state index is 0.278. The number of halogens is 2. The highest BCUT2D eigenvalue weighted by atomic mass is 35.5. The van der Waals surface area contributed by atoms with E-state index in [9.17, 15) is 0 Å². The second kappa shape index (κ2) is 4.69. The van der Waals surface area contributed by atoms with E-state index in [1.54, 1.807) is 7.11 Å². The molecule has 0 saturated heterocycles. The smallest absolute Gasteiger partial charge is 0.110 e. The summed E-state index contributed by atoms with van der Waals surface area (Å²) in [6, 6.07) is 0. The summed E-state index contributed by atoms with van der Waals surface area (Å²) in [6.45, 7) is 0.637. The first kappa shape index (κ1) is 7.54. The zero-order valence-corrected chi connectivity index (χ0v) is 5.67. The van der Waals surface area contributed by atoms with Crippen molar-refractivity contribution >= 4 is 23.2 Å². The number of ether oxygens (including phenoxy) is 1. The van der Waals surface area contributed by atoms with Crippen LogP contribution in [0.4, 0.5) is 0 Å². The maximum absolute atomic E-state index is 5.34. The molecule has 0 aromatic rings. The Morgan fingerprint density at radius 2 is 2.14 bits per heavy atom. The van der Waals surface area contributed by atoms with Gasteiger partial charge >= 0.3 is 0 Å². The lowest BCUT2D eigenvalue weighted by molar-refractivity contribution is 0.198. The van der Waals surface area contributed by atoms with Crippen molar-refractivity contribution in [3.05, 3.63) is 0 Å². The third-order valence-electron chi connectivity index (χ3n) is 0.540.